The van der Waals surface area contributed by atoms with Gasteiger partial charge < -0.3 is 4.90 Å². The SMILES string of the molecule is Cc1nc2ccccc2c(=O)n1CC1CCN(C(C)C)CC1. The Morgan fingerprint density at radius 1 is 1.23 bits per heavy atom. The van der Waals surface area contributed by atoms with Crippen LogP contribution in [0.5, 0.6) is 0 Å². The molecule has 118 valence electrons. The maximum Gasteiger partial charge on any atom is 0.261 e. The van der Waals surface area contributed by atoms with E-state index in [-0.39, 0.29) is 5.56 Å². The molecule has 2 aromatic rings. The first-order valence-electron chi connectivity index (χ1n) is 8.26. The van der Waals surface area contributed by atoms with Crippen LogP contribution in [0.2, 0.25) is 0 Å². The zero-order valence-electron chi connectivity index (χ0n) is 13.7. The summed E-state index contributed by atoms with van der Waals surface area (Å²) in [6, 6.07) is 8.25. The molecule has 1 aromatic carbocycles. The first-order chi connectivity index (χ1) is 10.6. The van der Waals surface area contributed by atoms with Crippen molar-refractivity contribution in [1.29, 1.82) is 0 Å². The third-order valence-corrected chi connectivity index (χ3v) is 4.87. The summed E-state index contributed by atoms with van der Waals surface area (Å²) in [6.45, 7) is 9.52. The van der Waals surface area contributed by atoms with Gasteiger partial charge in [0.15, 0.2) is 0 Å². The van der Waals surface area contributed by atoms with Gasteiger partial charge in [-0.1, -0.05) is 12.1 Å². The summed E-state index contributed by atoms with van der Waals surface area (Å²) in [5, 5.41) is 0.729. The zero-order valence-corrected chi connectivity index (χ0v) is 13.7. The van der Waals surface area contributed by atoms with Crippen molar-refractivity contribution in [3.05, 3.63) is 40.4 Å². The van der Waals surface area contributed by atoms with Crippen LogP contribution in [0.4, 0.5) is 0 Å². The van der Waals surface area contributed by atoms with Gasteiger partial charge >= 0.3 is 0 Å². The Morgan fingerprint density at radius 2 is 1.91 bits per heavy atom. The number of aryl methyl sites for hydroxylation is 1. The molecule has 0 radical (unpaired) electrons. The molecular formula is C18H25N3O. The summed E-state index contributed by atoms with van der Waals surface area (Å²) in [6.07, 6.45) is 2.33. The molecule has 0 atom stereocenters. The molecule has 22 heavy (non-hydrogen) atoms. The lowest BCUT2D eigenvalue weighted by Crippen LogP contribution is -2.40. The normalized spacial score (nSPS) is 17.5. The molecule has 1 aromatic heterocycles. The lowest BCUT2D eigenvalue weighted by Gasteiger charge is -2.34. The summed E-state index contributed by atoms with van der Waals surface area (Å²) in [7, 11) is 0. The van der Waals surface area contributed by atoms with Crippen molar-refractivity contribution < 1.29 is 0 Å². The molecular weight excluding hydrogens is 274 g/mol. The van der Waals surface area contributed by atoms with Crippen LogP contribution in [0.3, 0.4) is 0 Å². The molecule has 0 saturated carbocycles. The van der Waals surface area contributed by atoms with E-state index in [1.807, 2.05) is 35.8 Å². The van der Waals surface area contributed by atoms with Gasteiger partial charge in [-0.25, -0.2) is 4.98 Å². The molecule has 0 spiro atoms. The Morgan fingerprint density at radius 3 is 2.59 bits per heavy atom. The number of para-hydroxylation sites is 1. The molecule has 0 bridgehead atoms. The van der Waals surface area contributed by atoms with E-state index in [1.54, 1.807) is 0 Å². The second-order valence-electron chi connectivity index (χ2n) is 6.67. The second-order valence-corrected chi connectivity index (χ2v) is 6.67. The average Bonchev–Trinajstić information content (AvgIpc) is 2.52. The fourth-order valence-electron chi connectivity index (χ4n) is 3.40. The minimum absolute atomic E-state index is 0.106. The minimum atomic E-state index is 0.106. The van der Waals surface area contributed by atoms with E-state index in [0.717, 1.165) is 49.2 Å². The first kappa shape index (κ1) is 15.2. The highest BCUT2D eigenvalue weighted by atomic mass is 16.1. The Kier molecular flexibility index (Phi) is 4.30. The number of hydrogen-bond acceptors (Lipinski definition) is 3. The van der Waals surface area contributed by atoms with Crippen molar-refractivity contribution in [2.24, 2.45) is 5.92 Å². The van der Waals surface area contributed by atoms with Gasteiger partial charge in [0, 0.05) is 12.6 Å². The van der Waals surface area contributed by atoms with Gasteiger partial charge in [-0.2, -0.15) is 0 Å². The van der Waals surface area contributed by atoms with Crippen LogP contribution in [0.25, 0.3) is 10.9 Å². The van der Waals surface area contributed by atoms with E-state index in [1.165, 1.54) is 0 Å². The highest BCUT2D eigenvalue weighted by Gasteiger charge is 2.22. The molecule has 0 amide bonds. The van der Waals surface area contributed by atoms with Gasteiger partial charge in [-0.15, -0.1) is 0 Å². The molecule has 4 nitrogen and oxygen atoms in total. The Labute approximate surface area is 131 Å². The third kappa shape index (κ3) is 2.93. The maximum atomic E-state index is 12.7. The number of benzene rings is 1. The Hall–Kier alpha value is -1.68. The number of nitrogens with zero attached hydrogens (tertiary/aromatic N) is 3. The van der Waals surface area contributed by atoms with Crippen LogP contribution in [0.1, 0.15) is 32.5 Å². The fraction of sp³-hybridized carbons (Fsp3) is 0.556. The first-order valence-corrected chi connectivity index (χ1v) is 8.26. The van der Waals surface area contributed by atoms with Crippen LogP contribution in [0.15, 0.2) is 29.1 Å². The number of rotatable bonds is 3. The van der Waals surface area contributed by atoms with Gasteiger partial charge in [0.2, 0.25) is 0 Å². The van der Waals surface area contributed by atoms with E-state index in [9.17, 15) is 4.79 Å². The summed E-state index contributed by atoms with van der Waals surface area (Å²) in [5.74, 6) is 1.41. The van der Waals surface area contributed by atoms with Crippen molar-refractivity contribution in [1.82, 2.24) is 14.5 Å². The summed E-state index contributed by atoms with van der Waals surface area (Å²) in [5.41, 5.74) is 0.908. The van der Waals surface area contributed by atoms with E-state index >= 15 is 0 Å². The number of hydrogen-bond donors (Lipinski definition) is 0. The monoisotopic (exact) mass is 299 g/mol. The molecule has 0 N–H and O–H groups in total. The van der Waals surface area contributed by atoms with Crippen molar-refractivity contribution in [2.45, 2.75) is 46.2 Å². The number of likely N-dealkylation sites (tertiary alicyclic amines) is 1. The highest BCUT2D eigenvalue weighted by Crippen LogP contribution is 2.21. The molecule has 1 aliphatic rings. The number of aromatic nitrogens is 2. The number of fused-ring (bicyclic) bond motifs is 1. The molecule has 3 rings (SSSR count). The maximum absolute atomic E-state index is 12.7. The van der Waals surface area contributed by atoms with E-state index in [4.69, 9.17) is 0 Å². The third-order valence-electron chi connectivity index (χ3n) is 4.87. The predicted molar refractivity (Wildman–Crippen MR) is 90.2 cm³/mol. The highest BCUT2D eigenvalue weighted by molar-refractivity contribution is 5.77. The summed E-state index contributed by atoms with van der Waals surface area (Å²) < 4.78 is 1.87. The quantitative estimate of drug-likeness (QED) is 0.874. The molecule has 1 aliphatic heterocycles. The molecule has 1 fully saturated rings. The van der Waals surface area contributed by atoms with Crippen molar-refractivity contribution in [3.8, 4) is 0 Å². The van der Waals surface area contributed by atoms with Gasteiger partial charge in [-0.05, 0) is 64.8 Å². The lowest BCUT2D eigenvalue weighted by molar-refractivity contribution is 0.141. The fourth-order valence-corrected chi connectivity index (χ4v) is 3.40. The van der Waals surface area contributed by atoms with Crippen molar-refractivity contribution in [2.75, 3.05) is 13.1 Å². The topological polar surface area (TPSA) is 38.1 Å². The van der Waals surface area contributed by atoms with E-state index in [2.05, 4.69) is 23.7 Å². The van der Waals surface area contributed by atoms with Crippen LogP contribution in [-0.4, -0.2) is 33.6 Å². The van der Waals surface area contributed by atoms with Crippen LogP contribution in [0, 0.1) is 12.8 Å². The molecule has 2 heterocycles. The van der Waals surface area contributed by atoms with Crippen molar-refractivity contribution in [3.63, 3.8) is 0 Å². The second kappa shape index (κ2) is 6.21. The van der Waals surface area contributed by atoms with E-state index < -0.39 is 0 Å². The lowest BCUT2D eigenvalue weighted by atomic mass is 9.95. The summed E-state index contributed by atoms with van der Waals surface area (Å²) in [4.78, 5) is 19.8. The van der Waals surface area contributed by atoms with Crippen molar-refractivity contribution >= 4 is 10.9 Å². The molecule has 0 aliphatic carbocycles. The van der Waals surface area contributed by atoms with E-state index in [0.29, 0.717) is 12.0 Å². The Balaban J connectivity index is 1.81. The minimum Gasteiger partial charge on any atom is -0.301 e. The molecule has 0 unspecified atom stereocenters. The smallest absolute Gasteiger partial charge is 0.261 e. The molecule has 1 saturated heterocycles. The van der Waals surface area contributed by atoms with Gasteiger partial charge in [-0.3, -0.25) is 9.36 Å². The average molecular weight is 299 g/mol. The Bertz CT molecular complexity index is 712. The zero-order chi connectivity index (χ0) is 15.7. The van der Waals surface area contributed by atoms with Crippen LogP contribution >= 0.6 is 0 Å². The van der Waals surface area contributed by atoms with Crippen LogP contribution in [-0.2, 0) is 6.54 Å². The largest absolute Gasteiger partial charge is 0.301 e. The van der Waals surface area contributed by atoms with Gasteiger partial charge in [0.1, 0.15) is 5.82 Å². The standard InChI is InChI=1S/C18H25N3O/c1-13(2)20-10-8-15(9-11-20)12-21-14(3)19-17-7-5-4-6-16(17)18(21)22/h4-7,13,15H,8-12H2,1-3H3. The molecule has 4 heteroatoms. The van der Waals surface area contributed by atoms with Gasteiger partial charge in [0.25, 0.3) is 5.56 Å². The number of piperidine rings is 1. The summed E-state index contributed by atoms with van der Waals surface area (Å²) >= 11 is 0. The van der Waals surface area contributed by atoms with Gasteiger partial charge in [0.05, 0.1) is 10.9 Å². The predicted octanol–water partition coefficient (Wildman–Crippen LogP) is 2.83. The van der Waals surface area contributed by atoms with Crippen LogP contribution < -0.4 is 5.56 Å².